The Morgan fingerprint density at radius 3 is 2.44 bits per heavy atom. The summed E-state index contributed by atoms with van der Waals surface area (Å²) >= 11 is 5.71. The molecule has 1 aromatic carbocycles. The van der Waals surface area contributed by atoms with Gasteiger partial charge in [0.1, 0.15) is 11.9 Å². The van der Waals surface area contributed by atoms with Crippen molar-refractivity contribution in [2.24, 2.45) is 0 Å². The molecular weight excluding hydrogens is 372 g/mol. The maximum atomic E-state index is 14.2. The van der Waals surface area contributed by atoms with Gasteiger partial charge in [0.15, 0.2) is 0 Å². The number of esters is 1. The SMILES string of the molecule is COC(=O)c1cc(N2C(=O)CC(C(F)(F)F)N(C)C2=O)c(F)cc1Cl. The van der Waals surface area contributed by atoms with Gasteiger partial charge in [0.05, 0.1) is 29.8 Å². The third-order valence-corrected chi connectivity index (χ3v) is 3.95. The van der Waals surface area contributed by atoms with E-state index in [1.165, 1.54) is 0 Å². The number of halogens is 5. The number of urea groups is 1. The number of nitrogens with zero attached hydrogens (tertiary/aromatic N) is 2. The van der Waals surface area contributed by atoms with Crippen LogP contribution in [0.5, 0.6) is 0 Å². The van der Waals surface area contributed by atoms with E-state index in [0.717, 1.165) is 20.2 Å². The van der Waals surface area contributed by atoms with E-state index in [1.54, 1.807) is 0 Å². The van der Waals surface area contributed by atoms with E-state index in [-0.39, 0.29) is 20.4 Å². The topological polar surface area (TPSA) is 66.9 Å². The van der Waals surface area contributed by atoms with Crippen molar-refractivity contribution in [3.05, 3.63) is 28.5 Å². The predicted molar refractivity (Wildman–Crippen MR) is 77.9 cm³/mol. The van der Waals surface area contributed by atoms with Crippen LogP contribution in [0, 0.1) is 5.82 Å². The van der Waals surface area contributed by atoms with Crippen molar-refractivity contribution in [1.29, 1.82) is 0 Å². The maximum absolute atomic E-state index is 14.2. The number of ether oxygens (including phenoxy) is 1. The lowest BCUT2D eigenvalue weighted by atomic mass is 10.1. The van der Waals surface area contributed by atoms with Crippen LogP contribution in [0.4, 0.5) is 28.0 Å². The Morgan fingerprint density at radius 2 is 1.92 bits per heavy atom. The molecule has 0 aromatic heterocycles. The summed E-state index contributed by atoms with van der Waals surface area (Å²) in [7, 11) is 1.87. The summed E-state index contributed by atoms with van der Waals surface area (Å²) in [4.78, 5) is 36.4. The van der Waals surface area contributed by atoms with Crippen LogP contribution in [0.25, 0.3) is 0 Å². The minimum atomic E-state index is -4.82. The first-order chi connectivity index (χ1) is 11.5. The fraction of sp³-hybridized carbons (Fsp3) is 0.357. The lowest BCUT2D eigenvalue weighted by molar-refractivity contribution is -0.179. The Bertz CT molecular complexity index is 753. The number of imide groups is 1. The van der Waals surface area contributed by atoms with Crippen molar-refractivity contribution in [1.82, 2.24) is 4.90 Å². The van der Waals surface area contributed by atoms with E-state index in [2.05, 4.69) is 4.74 Å². The van der Waals surface area contributed by atoms with Gasteiger partial charge in [-0.15, -0.1) is 0 Å². The molecule has 136 valence electrons. The first-order valence-corrected chi connectivity index (χ1v) is 7.10. The number of hydrogen-bond donors (Lipinski definition) is 0. The fourth-order valence-corrected chi connectivity index (χ4v) is 2.57. The minimum absolute atomic E-state index is 0.236. The largest absolute Gasteiger partial charge is 0.465 e. The second kappa shape index (κ2) is 6.51. The zero-order valence-electron chi connectivity index (χ0n) is 12.9. The van der Waals surface area contributed by atoms with E-state index < -0.39 is 48.1 Å². The van der Waals surface area contributed by atoms with E-state index in [9.17, 15) is 31.9 Å². The quantitative estimate of drug-likeness (QED) is 0.582. The van der Waals surface area contributed by atoms with Crippen LogP contribution in [0.2, 0.25) is 5.02 Å². The first kappa shape index (κ1) is 19.0. The average Bonchev–Trinajstić information content (AvgIpc) is 2.51. The van der Waals surface area contributed by atoms with Gasteiger partial charge < -0.3 is 9.64 Å². The van der Waals surface area contributed by atoms with Gasteiger partial charge in [-0.25, -0.2) is 18.9 Å². The summed E-state index contributed by atoms with van der Waals surface area (Å²) in [6.07, 6.45) is -5.90. The Morgan fingerprint density at radius 1 is 1.32 bits per heavy atom. The molecule has 2 rings (SSSR count). The second-order valence-electron chi connectivity index (χ2n) is 5.16. The summed E-state index contributed by atoms with van der Waals surface area (Å²) in [5, 5.41) is -0.341. The number of carbonyl (C=O) groups excluding carboxylic acids is 3. The van der Waals surface area contributed by atoms with Crippen molar-refractivity contribution < 1.29 is 36.7 Å². The van der Waals surface area contributed by atoms with Crippen LogP contribution in [0.1, 0.15) is 16.8 Å². The molecule has 6 nitrogen and oxygen atoms in total. The molecule has 3 amide bonds. The minimum Gasteiger partial charge on any atom is -0.465 e. The van der Waals surface area contributed by atoms with E-state index >= 15 is 0 Å². The third kappa shape index (κ3) is 3.39. The van der Waals surface area contributed by atoms with Crippen LogP contribution in [-0.4, -0.2) is 49.2 Å². The summed E-state index contributed by atoms with van der Waals surface area (Å²) < 4.78 is 57.3. The molecular formula is C14H11ClF4N2O4. The number of amides is 3. The smallest absolute Gasteiger partial charge is 0.409 e. The van der Waals surface area contributed by atoms with E-state index in [0.29, 0.717) is 6.07 Å². The molecule has 1 atom stereocenters. The predicted octanol–water partition coefficient (Wildman–Crippen LogP) is 2.99. The van der Waals surface area contributed by atoms with Gasteiger partial charge >= 0.3 is 18.2 Å². The summed E-state index contributed by atoms with van der Waals surface area (Å²) in [6, 6.07) is -2.25. The number of rotatable bonds is 2. The molecule has 0 aliphatic carbocycles. The number of hydrogen-bond acceptors (Lipinski definition) is 4. The molecule has 1 aliphatic rings. The average molecular weight is 383 g/mol. The zero-order chi connectivity index (χ0) is 19.1. The van der Waals surface area contributed by atoms with Crippen LogP contribution in [0.3, 0.4) is 0 Å². The second-order valence-corrected chi connectivity index (χ2v) is 5.57. The van der Waals surface area contributed by atoms with Gasteiger partial charge in [-0.1, -0.05) is 11.6 Å². The number of benzene rings is 1. The number of anilines is 1. The van der Waals surface area contributed by atoms with Crippen molar-refractivity contribution in [2.45, 2.75) is 18.6 Å². The molecule has 0 bridgehead atoms. The van der Waals surface area contributed by atoms with E-state index in [4.69, 9.17) is 11.6 Å². The molecule has 1 aromatic rings. The van der Waals surface area contributed by atoms with Gasteiger partial charge in [0.25, 0.3) is 0 Å². The Hall–Kier alpha value is -2.36. The van der Waals surface area contributed by atoms with Gasteiger partial charge in [0.2, 0.25) is 5.91 Å². The van der Waals surface area contributed by atoms with Gasteiger partial charge in [-0.3, -0.25) is 4.79 Å². The standard InChI is InChI=1S/C14H11ClF4N2O4/c1-20-10(14(17,18)19)5-11(22)21(13(20)24)9-3-6(12(23)25-2)7(15)4-8(9)16/h3-4,10H,5H2,1-2H3. The lowest BCUT2D eigenvalue weighted by Crippen LogP contribution is -2.60. The van der Waals surface area contributed by atoms with Crippen LogP contribution in [0.15, 0.2) is 12.1 Å². The van der Waals surface area contributed by atoms with Crippen molar-refractivity contribution in [3.8, 4) is 0 Å². The molecule has 11 heteroatoms. The molecule has 25 heavy (non-hydrogen) atoms. The zero-order valence-corrected chi connectivity index (χ0v) is 13.6. The Balaban J connectivity index is 2.50. The molecule has 0 N–H and O–H groups in total. The number of methoxy groups -OCH3 is 1. The van der Waals surface area contributed by atoms with Gasteiger partial charge in [-0.05, 0) is 12.1 Å². The molecule has 1 aliphatic heterocycles. The fourth-order valence-electron chi connectivity index (χ4n) is 2.34. The lowest BCUT2D eigenvalue weighted by Gasteiger charge is -2.38. The number of alkyl halides is 3. The maximum Gasteiger partial charge on any atom is 0.409 e. The normalized spacial score (nSPS) is 18.6. The summed E-state index contributed by atoms with van der Waals surface area (Å²) in [5.41, 5.74) is -1.03. The Labute approximate surface area is 143 Å². The highest BCUT2D eigenvalue weighted by molar-refractivity contribution is 6.34. The molecule has 1 fully saturated rings. The van der Waals surface area contributed by atoms with Crippen molar-refractivity contribution in [2.75, 3.05) is 19.1 Å². The molecule has 0 spiro atoms. The molecule has 0 saturated carbocycles. The van der Waals surface area contributed by atoms with Crippen LogP contribution < -0.4 is 4.90 Å². The molecule has 1 heterocycles. The highest BCUT2D eigenvalue weighted by Crippen LogP contribution is 2.35. The monoisotopic (exact) mass is 382 g/mol. The summed E-state index contributed by atoms with van der Waals surface area (Å²) in [5.74, 6) is -3.38. The summed E-state index contributed by atoms with van der Waals surface area (Å²) in [6.45, 7) is 0. The van der Waals surface area contributed by atoms with Gasteiger partial charge in [0, 0.05) is 7.05 Å². The molecule has 0 radical (unpaired) electrons. The van der Waals surface area contributed by atoms with Crippen LogP contribution >= 0.6 is 11.6 Å². The number of carbonyl (C=O) groups is 3. The highest BCUT2D eigenvalue weighted by atomic mass is 35.5. The van der Waals surface area contributed by atoms with Gasteiger partial charge in [-0.2, -0.15) is 13.2 Å². The van der Waals surface area contributed by atoms with Crippen molar-refractivity contribution >= 4 is 35.2 Å². The van der Waals surface area contributed by atoms with E-state index in [1.807, 2.05) is 0 Å². The van der Waals surface area contributed by atoms with Crippen molar-refractivity contribution in [3.63, 3.8) is 0 Å². The Kier molecular flexibility index (Phi) is 4.94. The van der Waals surface area contributed by atoms with Crippen LogP contribution in [-0.2, 0) is 9.53 Å². The first-order valence-electron chi connectivity index (χ1n) is 6.72. The highest BCUT2D eigenvalue weighted by Gasteiger charge is 2.51. The molecule has 1 saturated heterocycles. The molecule has 1 unspecified atom stereocenters. The third-order valence-electron chi connectivity index (χ3n) is 3.64.